The highest BCUT2D eigenvalue weighted by molar-refractivity contribution is 8.00. The molecule has 1 amide bonds. The van der Waals surface area contributed by atoms with Gasteiger partial charge >= 0.3 is 0 Å². The minimum absolute atomic E-state index is 0.153. The van der Waals surface area contributed by atoms with Crippen LogP contribution in [0.1, 0.15) is 24.7 Å². The molecule has 8 nitrogen and oxygen atoms in total. The van der Waals surface area contributed by atoms with Gasteiger partial charge in [0.15, 0.2) is 11.0 Å². The van der Waals surface area contributed by atoms with Crippen LogP contribution in [0, 0.1) is 6.92 Å². The number of rotatable bonds is 7. The molecule has 158 valence electrons. The Morgan fingerprint density at radius 1 is 1.26 bits per heavy atom. The average Bonchev–Trinajstić information content (AvgIpc) is 3.19. The second-order valence-electron chi connectivity index (χ2n) is 6.99. The third kappa shape index (κ3) is 4.66. The standard InChI is InChI=1S/C22H21N5O3S/c1-3-18(20(28)25-19-11-14(2)30-26-19)31-22-24-17-9-5-4-8-16(17)21(29)27(22)13-15-7-6-10-23-12-15/h4-12,18H,3,13H2,1-2H3,(H,25,26,28). The zero-order valence-electron chi connectivity index (χ0n) is 17.1. The highest BCUT2D eigenvalue weighted by Gasteiger charge is 2.23. The first-order valence-electron chi connectivity index (χ1n) is 9.84. The number of nitrogens with one attached hydrogen (secondary N) is 1. The maximum Gasteiger partial charge on any atom is 0.262 e. The highest BCUT2D eigenvalue weighted by atomic mass is 32.2. The number of fused-ring (bicyclic) bond motifs is 1. The number of nitrogens with zero attached hydrogens (tertiary/aromatic N) is 4. The second kappa shape index (κ2) is 9.13. The number of aryl methyl sites for hydroxylation is 1. The van der Waals surface area contributed by atoms with Crippen molar-refractivity contribution in [2.24, 2.45) is 0 Å². The number of anilines is 1. The largest absolute Gasteiger partial charge is 0.360 e. The van der Waals surface area contributed by atoms with Gasteiger partial charge < -0.3 is 9.84 Å². The van der Waals surface area contributed by atoms with Gasteiger partial charge in [0.2, 0.25) is 5.91 Å². The molecule has 1 N–H and O–H groups in total. The van der Waals surface area contributed by atoms with Crippen molar-refractivity contribution >= 4 is 34.4 Å². The van der Waals surface area contributed by atoms with Gasteiger partial charge in [0.05, 0.1) is 22.7 Å². The predicted octanol–water partition coefficient (Wildman–Crippen LogP) is 3.65. The molecule has 3 aromatic heterocycles. The Morgan fingerprint density at radius 3 is 2.81 bits per heavy atom. The van der Waals surface area contributed by atoms with E-state index in [9.17, 15) is 9.59 Å². The van der Waals surface area contributed by atoms with E-state index in [1.165, 1.54) is 11.8 Å². The summed E-state index contributed by atoms with van der Waals surface area (Å²) in [6.45, 7) is 3.98. The lowest BCUT2D eigenvalue weighted by Crippen LogP contribution is -2.28. The van der Waals surface area contributed by atoms with Crippen molar-refractivity contribution in [3.63, 3.8) is 0 Å². The van der Waals surface area contributed by atoms with E-state index in [-0.39, 0.29) is 11.5 Å². The van der Waals surface area contributed by atoms with Crippen LogP contribution in [0.15, 0.2) is 69.3 Å². The van der Waals surface area contributed by atoms with E-state index >= 15 is 0 Å². The third-order valence-corrected chi connectivity index (χ3v) is 6.03. The van der Waals surface area contributed by atoms with Gasteiger partial charge in [0, 0.05) is 18.5 Å². The molecule has 0 aliphatic carbocycles. The van der Waals surface area contributed by atoms with Crippen molar-refractivity contribution in [3.8, 4) is 0 Å². The number of thioether (sulfide) groups is 1. The van der Waals surface area contributed by atoms with Crippen molar-refractivity contribution in [2.75, 3.05) is 5.32 Å². The maximum absolute atomic E-state index is 13.3. The molecule has 0 bridgehead atoms. The minimum Gasteiger partial charge on any atom is -0.360 e. The Balaban J connectivity index is 1.69. The van der Waals surface area contributed by atoms with E-state index in [0.29, 0.717) is 40.6 Å². The first-order valence-corrected chi connectivity index (χ1v) is 10.7. The lowest BCUT2D eigenvalue weighted by atomic mass is 10.2. The van der Waals surface area contributed by atoms with Gasteiger partial charge in [-0.15, -0.1) is 0 Å². The molecule has 1 unspecified atom stereocenters. The Morgan fingerprint density at radius 2 is 2.10 bits per heavy atom. The fraction of sp³-hybridized carbons (Fsp3) is 0.227. The van der Waals surface area contributed by atoms with Crippen molar-refractivity contribution in [3.05, 3.63) is 76.5 Å². The highest BCUT2D eigenvalue weighted by Crippen LogP contribution is 2.26. The van der Waals surface area contributed by atoms with Gasteiger partial charge in [0.1, 0.15) is 5.76 Å². The van der Waals surface area contributed by atoms with Crippen molar-refractivity contribution in [2.45, 2.75) is 37.2 Å². The van der Waals surface area contributed by atoms with Gasteiger partial charge in [-0.2, -0.15) is 0 Å². The maximum atomic E-state index is 13.3. The molecular formula is C22H21N5O3S. The molecule has 31 heavy (non-hydrogen) atoms. The van der Waals surface area contributed by atoms with Crippen LogP contribution in [0.2, 0.25) is 0 Å². The summed E-state index contributed by atoms with van der Waals surface area (Å²) in [5.74, 6) is 0.745. The number of aromatic nitrogens is 4. The molecule has 0 fully saturated rings. The molecule has 0 spiro atoms. The summed E-state index contributed by atoms with van der Waals surface area (Å²) in [7, 11) is 0. The number of benzene rings is 1. The summed E-state index contributed by atoms with van der Waals surface area (Å²) in [6, 6.07) is 12.6. The van der Waals surface area contributed by atoms with E-state index in [0.717, 1.165) is 5.56 Å². The van der Waals surface area contributed by atoms with Crippen molar-refractivity contribution in [1.29, 1.82) is 0 Å². The summed E-state index contributed by atoms with van der Waals surface area (Å²) in [6.07, 6.45) is 3.94. The number of hydrogen-bond acceptors (Lipinski definition) is 7. The fourth-order valence-corrected chi connectivity index (χ4v) is 4.15. The summed E-state index contributed by atoms with van der Waals surface area (Å²) < 4.78 is 6.61. The Labute approximate surface area is 182 Å². The summed E-state index contributed by atoms with van der Waals surface area (Å²) in [5.41, 5.74) is 1.32. The number of hydrogen-bond donors (Lipinski definition) is 1. The predicted molar refractivity (Wildman–Crippen MR) is 119 cm³/mol. The monoisotopic (exact) mass is 435 g/mol. The lowest BCUT2D eigenvalue weighted by Gasteiger charge is -2.17. The van der Waals surface area contributed by atoms with Crippen molar-refractivity contribution in [1.82, 2.24) is 19.7 Å². The Hall–Kier alpha value is -3.46. The van der Waals surface area contributed by atoms with E-state index < -0.39 is 5.25 Å². The molecule has 3 heterocycles. The van der Waals surface area contributed by atoms with Crippen molar-refractivity contribution < 1.29 is 9.32 Å². The molecule has 0 aliphatic rings. The van der Waals surface area contributed by atoms with Gasteiger partial charge in [-0.1, -0.05) is 42.0 Å². The van der Waals surface area contributed by atoms with E-state index in [1.54, 1.807) is 42.1 Å². The van der Waals surface area contributed by atoms with E-state index in [4.69, 9.17) is 9.51 Å². The SMILES string of the molecule is CCC(Sc1nc2ccccc2c(=O)n1Cc1cccnc1)C(=O)Nc1cc(C)on1. The van der Waals surface area contributed by atoms with Gasteiger partial charge in [0.25, 0.3) is 5.56 Å². The first-order chi connectivity index (χ1) is 15.0. The van der Waals surface area contributed by atoms with Crippen LogP contribution in [0.4, 0.5) is 5.82 Å². The number of carbonyl (C=O) groups excluding carboxylic acids is 1. The Kier molecular flexibility index (Phi) is 6.13. The molecule has 0 saturated heterocycles. The zero-order valence-corrected chi connectivity index (χ0v) is 17.9. The molecule has 4 aromatic rings. The topological polar surface area (TPSA) is 103 Å². The minimum atomic E-state index is -0.467. The van der Waals surface area contributed by atoms with Gasteiger partial charge in [-0.05, 0) is 37.1 Å². The molecule has 9 heteroatoms. The molecule has 4 rings (SSSR count). The zero-order chi connectivity index (χ0) is 21.8. The van der Waals surface area contributed by atoms with Crippen LogP contribution in [0.3, 0.4) is 0 Å². The fourth-order valence-electron chi connectivity index (χ4n) is 3.13. The second-order valence-corrected chi connectivity index (χ2v) is 8.16. The summed E-state index contributed by atoms with van der Waals surface area (Å²) in [5, 5.41) is 7.12. The van der Waals surface area contributed by atoms with Gasteiger partial charge in [-0.25, -0.2) is 4.98 Å². The molecule has 0 aliphatic heterocycles. The molecule has 0 saturated carbocycles. The summed E-state index contributed by atoms with van der Waals surface area (Å²) in [4.78, 5) is 34.9. The molecule has 0 radical (unpaired) electrons. The quantitative estimate of drug-likeness (QED) is 0.349. The first kappa shape index (κ1) is 20.8. The Bertz CT molecular complexity index is 1270. The summed E-state index contributed by atoms with van der Waals surface area (Å²) >= 11 is 1.26. The van der Waals surface area contributed by atoms with Crippen LogP contribution in [0.25, 0.3) is 10.9 Å². The number of para-hydroxylation sites is 1. The average molecular weight is 436 g/mol. The normalized spacial score (nSPS) is 12.1. The van der Waals surface area contributed by atoms with Crippen LogP contribution in [-0.2, 0) is 11.3 Å². The van der Waals surface area contributed by atoms with Crippen LogP contribution in [-0.4, -0.2) is 30.8 Å². The number of carbonyl (C=O) groups is 1. The molecule has 1 atom stereocenters. The van der Waals surface area contributed by atoms with Crippen LogP contribution >= 0.6 is 11.8 Å². The number of pyridine rings is 1. The smallest absolute Gasteiger partial charge is 0.262 e. The third-order valence-electron chi connectivity index (χ3n) is 4.68. The number of amides is 1. The molecular weight excluding hydrogens is 414 g/mol. The van der Waals surface area contributed by atoms with E-state index in [2.05, 4.69) is 15.5 Å². The van der Waals surface area contributed by atoms with E-state index in [1.807, 2.05) is 31.2 Å². The lowest BCUT2D eigenvalue weighted by molar-refractivity contribution is -0.115. The van der Waals surface area contributed by atoms with Gasteiger partial charge in [-0.3, -0.25) is 19.1 Å². The molecule has 1 aromatic carbocycles. The van der Waals surface area contributed by atoms with Crippen LogP contribution in [0.5, 0.6) is 0 Å². The van der Waals surface area contributed by atoms with Crippen LogP contribution < -0.4 is 10.9 Å².